The second-order valence-electron chi connectivity index (χ2n) is 2.77. The zero-order valence-electron chi connectivity index (χ0n) is 7.37. The molecule has 0 N–H and O–H groups in total. The maximum atomic E-state index is 8.68. The Hall–Kier alpha value is -1.08. The molecule has 0 atom stereocenters. The Balaban J connectivity index is 2.50. The molecular formula is C10H4Cl2N2S. The van der Waals surface area contributed by atoms with Crippen molar-refractivity contribution < 1.29 is 0 Å². The van der Waals surface area contributed by atoms with E-state index in [1.165, 1.54) is 17.5 Å². The predicted octanol–water partition coefficient (Wildman–Crippen LogP) is 3.99. The van der Waals surface area contributed by atoms with Crippen molar-refractivity contribution >= 4 is 34.5 Å². The minimum Gasteiger partial charge on any atom is -0.243 e. The maximum absolute atomic E-state index is 8.68. The second kappa shape index (κ2) is 4.19. The summed E-state index contributed by atoms with van der Waals surface area (Å²) in [4.78, 5) is 4.68. The van der Waals surface area contributed by atoms with Crippen LogP contribution in [-0.2, 0) is 0 Å². The molecule has 74 valence electrons. The van der Waals surface area contributed by atoms with Crippen molar-refractivity contribution in [2.24, 2.45) is 0 Å². The normalized spacial score (nSPS) is 9.93. The molecule has 0 saturated carbocycles. The minimum absolute atomic E-state index is 0.543. The van der Waals surface area contributed by atoms with Gasteiger partial charge in [0.1, 0.15) is 16.0 Å². The summed E-state index contributed by atoms with van der Waals surface area (Å²) in [7, 11) is 0. The standard InChI is InChI=1S/C10H4Cl2N2S/c11-6-1-2-8(9(12)3-6)10-14-5-7(4-13)15-10/h1-3,5H. The molecule has 0 radical (unpaired) electrons. The summed E-state index contributed by atoms with van der Waals surface area (Å²) in [6.45, 7) is 0. The monoisotopic (exact) mass is 254 g/mol. The van der Waals surface area contributed by atoms with E-state index >= 15 is 0 Å². The van der Waals surface area contributed by atoms with Crippen LogP contribution in [0.3, 0.4) is 0 Å². The molecule has 2 rings (SSSR count). The van der Waals surface area contributed by atoms with Gasteiger partial charge in [0.15, 0.2) is 0 Å². The zero-order chi connectivity index (χ0) is 10.8. The van der Waals surface area contributed by atoms with Gasteiger partial charge in [-0.1, -0.05) is 23.2 Å². The summed E-state index contributed by atoms with van der Waals surface area (Å²) in [5, 5.41) is 10.5. The van der Waals surface area contributed by atoms with E-state index in [2.05, 4.69) is 4.98 Å². The summed E-state index contributed by atoms with van der Waals surface area (Å²) in [6.07, 6.45) is 1.53. The van der Waals surface area contributed by atoms with Gasteiger partial charge in [0.05, 0.1) is 11.2 Å². The maximum Gasteiger partial charge on any atom is 0.126 e. The molecule has 2 nitrogen and oxygen atoms in total. The minimum atomic E-state index is 0.543. The summed E-state index contributed by atoms with van der Waals surface area (Å²) >= 11 is 13.1. The molecule has 0 unspecified atom stereocenters. The first-order valence-electron chi connectivity index (χ1n) is 4.02. The number of rotatable bonds is 1. The summed E-state index contributed by atoms with van der Waals surface area (Å²) in [5.74, 6) is 0. The van der Waals surface area contributed by atoms with Gasteiger partial charge in [0, 0.05) is 10.6 Å². The summed E-state index contributed by atoms with van der Waals surface area (Å²) in [5.41, 5.74) is 0.799. The van der Waals surface area contributed by atoms with Crippen molar-refractivity contribution in [3.05, 3.63) is 39.3 Å². The molecule has 0 bridgehead atoms. The van der Waals surface area contributed by atoms with Crippen LogP contribution < -0.4 is 0 Å². The number of thiazole rings is 1. The van der Waals surface area contributed by atoms with Crippen LogP contribution in [0.1, 0.15) is 4.88 Å². The lowest BCUT2D eigenvalue weighted by molar-refractivity contribution is 1.40. The Morgan fingerprint density at radius 3 is 2.73 bits per heavy atom. The number of aromatic nitrogens is 1. The van der Waals surface area contributed by atoms with Crippen LogP contribution in [0, 0.1) is 11.3 Å². The SMILES string of the molecule is N#Cc1cnc(-c2ccc(Cl)cc2Cl)s1. The van der Waals surface area contributed by atoms with Gasteiger partial charge in [-0.05, 0) is 18.2 Å². The third kappa shape index (κ3) is 2.13. The van der Waals surface area contributed by atoms with Crippen molar-refractivity contribution in [3.63, 3.8) is 0 Å². The lowest BCUT2D eigenvalue weighted by Crippen LogP contribution is -1.77. The largest absolute Gasteiger partial charge is 0.243 e. The fraction of sp³-hybridized carbons (Fsp3) is 0. The zero-order valence-corrected chi connectivity index (χ0v) is 9.70. The van der Waals surface area contributed by atoms with Crippen molar-refractivity contribution in [1.29, 1.82) is 5.26 Å². The molecule has 2 aromatic rings. The molecule has 0 aliphatic rings. The van der Waals surface area contributed by atoms with E-state index in [4.69, 9.17) is 28.5 Å². The summed E-state index contributed by atoms with van der Waals surface area (Å²) < 4.78 is 0. The second-order valence-corrected chi connectivity index (χ2v) is 4.64. The highest BCUT2D eigenvalue weighted by molar-refractivity contribution is 7.15. The van der Waals surface area contributed by atoms with Crippen LogP contribution in [0.5, 0.6) is 0 Å². The van der Waals surface area contributed by atoms with E-state index in [0.717, 1.165) is 10.6 Å². The number of hydrogen-bond acceptors (Lipinski definition) is 3. The molecule has 0 amide bonds. The molecule has 5 heteroatoms. The molecular weight excluding hydrogens is 251 g/mol. The third-order valence-corrected chi connectivity index (χ3v) is 3.26. The molecule has 0 fully saturated rings. The van der Waals surface area contributed by atoms with E-state index in [-0.39, 0.29) is 0 Å². The average Bonchev–Trinajstić information content (AvgIpc) is 2.66. The highest BCUT2D eigenvalue weighted by Crippen LogP contribution is 2.32. The highest BCUT2D eigenvalue weighted by atomic mass is 35.5. The van der Waals surface area contributed by atoms with Crippen LogP contribution in [0.15, 0.2) is 24.4 Å². The van der Waals surface area contributed by atoms with Crippen LogP contribution >= 0.6 is 34.5 Å². The van der Waals surface area contributed by atoms with E-state index in [1.54, 1.807) is 18.2 Å². The average molecular weight is 255 g/mol. The first-order chi connectivity index (χ1) is 7.20. The number of halogens is 2. The van der Waals surface area contributed by atoms with Gasteiger partial charge in [-0.3, -0.25) is 0 Å². The summed E-state index contributed by atoms with van der Waals surface area (Å²) in [6, 6.07) is 7.24. The smallest absolute Gasteiger partial charge is 0.126 e. The molecule has 0 spiro atoms. The number of hydrogen-bond donors (Lipinski definition) is 0. The first-order valence-corrected chi connectivity index (χ1v) is 5.59. The fourth-order valence-corrected chi connectivity index (χ4v) is 2.42. The lowest BCUT2D eigenvalue weighted by atomic mass is 10.2. The Labute approximate surface area is 101 Å². The van der Waals surface area contributed by atoms with Crippen molar-refractivity contribution in [2.75, 3.05) is 0 Å². The number of nitriles is 1. The molecule has 1 aromatic heterocycles. The topological polar surface area (TPSA) is 36.7 Å². The third-order valence-electron chi connectivity index (χ3n) is 1.78. The van der Waals surface area contributed by atoms with Crippen molar-refractivity contribution in [2.45, 2.75) is 0 Å². The number of nitrogens with zero attached hydrogens (tertiary/aromatic N) is 2. The van der Waals surface area contributed by atoms with Crippen LogP contribution in [0.25, 0.3) is 10.6 Å². The van der Waals surface area contributed by atoms with Gasteiger partial charge in [-0.15, -0.1) is 11.3 Å². The van der Waals surface area contributed by atoms with E-state index in [0.29, 0.717) is 14.9 Å². The molecule has 1 aromatic carbocycles. The quantitative estimate of drug-likeness (QED) is 0.772. The van der Waals surface area contributed by atoms with Crippen molar-refractivity contribution in [1.82, 2.24) is 4.98 Å². The Morgan fingerprint density at radius 1 is 1.33 bits per heavy atom. The van der Waals surface area contributed by atoms with E-state index < -0.39 is 0 Å². The van der Waals surface area contributed by atoms with Crippen LogP contribution in [0.2, 0.25) is 10.0 Å². The molecule has 15 heavy (non-hydrogen) atoms. The van der Waals surface area contributed by atoms with E-state index in [9.17, 15) is 0 Å². The Morgan fingerprint density at radius 2 is 2.13 bits per heavy atom. The van der Waals surface area contributed by atoms with Gasteiger partial charge in [-0.2, -0.15) is 5.26 Å². The van der Waals surface area contributed by atoms with Gasteiger partial charge in [0.25, 0.3) is 0 Å². The fourth-order valence-electron chi connectivity index (χ4n) is 1.11. The van der Waals surface area contributed by atoms with Gasteiger partial charge in [-0.25, -0.2) is 4.98 Å². The molecule has 1 heterocycles. The Bertz CT molecular complexity index is 543. The molecule has 0 aliphatic heterocycles. The van der Waals surface area contributed by atoms with Crippen LogP contribution in [-0.4, -0.2) is 4.98 Å². The molecule has 0 aliphatic carbocycles. The molecule has 0 saturated heterocycles. The number of benzene rings is 1. The van der Waals surface area contributed by atoms with Gasteiger partial charge < -0.3 is 0 Å². The highest BCUT2D eigenvalue weighted by Gasteiger charge is 2.08. The van der Waals surface area contributed by atoms with E-state index in [1.807, 2.05) is 6.07 Å². The predicted molar refractivity (Wildman–Crippen MR) is 62.3 cm³/mol. The van der Waals surface area contributed by atoms with Crippen molar-refractivity contribution in [3.8, 4) is 16.6 Å². The van der Waals surface area contributed by atoms with Crippen LogP contribution in [0.4, 0.5) is 0 Å². The Kier molecular flexibility index (Phi) is 2.92. The van der Waals surface area contributed by atoms with Gasteiger partial charge >= 0.3 is 0 Å². The van der Waals surface area contributed by atoms with Gasteiger partial charge in [0.2, 0.25) is 0 Å². The first kappa shape index (κ1) is 10.4. The lowest BCUT2D eigenvalue weighted by Gasteiger charge is -1.99.